The van der Waals surface area contributed by atoms with E-state index in [2.05, 4.69) is 18.7 Å². The van der Waals surface area contributed by atoms with E-state index in [1.807, 2.05) is 0 Å². The Morgan fingerprint density at radius 2 is 1.94 bits per heavy atom. The summed E-state index contributed by atoms with van der Waals surface area (Å²) in [5.41, 5.74) is 6.65. The first kappa shape index (κ1) is 12.6. The van der Waals surface area contributed by atoms with Gasteiger partial charge in [-0.2, -0.15) is 0 Å². The Balaban J connectivity index is 2.91. The van der Waals surface area contributed by atoms with E-state index in [-0.39, 0.29) is 11.7 Å². The molecule has 16 heavy (non-hydrogen) atoms. The summed E-state index contributed by atoms with van der Waals surface area (Å²) in [5.74, 6) is -0.435. The van der Waals surface area contributed by atoms with E-state index in [0.29, 0.717) is 12.1 Å². The number of nitrogen functional groups attached to an aromatic ring is 1. The Labute approximate surface area is 95.6 Å². The van der Waals surface area contributed by atoms with Crippen molar-refractivity contribution in [2.24, 2.45) is 5.73 Å². The van der Waals surface area contributed by atoms with Gasteiger partial charge in [-0.15, -0.1) is 0 Å². The molecule has 1 aromatic carbocycles. The quantitative estimate of drug-likeness (QED) is 0.592. The molecule has 0 heterocycles. The summed E-state index contributed by atoms with van der Waals surface area (Å²) < 4.78 is 13.3. The summed E-state index contributed by atoms with van der Waals surface area (Å²) >= 11 is 0. The number of nitrogens with two attached hydrogens (primary N) is 1. The van der Waals surface area contributed by atoms with Crippen molar-refractivity contribution < 1.29 is 4.39 Å². The molecule has 0 aromatic heterocycles. The Morgan fingerprint density at radius 1 is 1.31 bits per heavy atom. The summed E-state index contributed by atoms with van der Waals surface area (Å²) in [4.78, 5) is 2.18. The molecule has 88 valence electrons. The smallest absolute Gasteiger partial charge is 0.124 e. The molecular formula is C12H18FN3. The first-order valence-electron chi connectivity index (χ1n) is 5.43. The largest absolute Gasteiger partial charge is 0.384 e. The third-order valence-corrected chi connectivity index (χ3v) is 2.57. The zero-order valence-corrected chi connectivity index (χ0v) is 9.76. The van der Waals surface area contributed by atoms with Crippen LogP contribution >= 0.6 is 0 Å². The fraction of sp³-hybridized carbons (Fsp3) is 0.417. The monoisotopic (exact) mass is 223 g/mol. The fourth-order valence-electron chi connectivity index (χ4n) is 1.60. The fourth-order valence-corrected chi connectivity index (χ4v) is 1.60. The lowest BCUT2D eigenvalue weighted by Gasteiger charge is -2.18. The third-order valence-electron chi connectivity index (χ3n) is 2.57. The van der Waals surface area contributed by atoms with Crippen molar-refractivity contribution in [2.75, 3.05) is 13.1 Å². The van der Waals surface area contributed by atoms with E-state index in [1.165, 1.54) is 12.1 Å². The first-order chi connectivity index (χ1) is 7.56. The summed E-state index contributed by atoms with van der Waals surface area (Å²) in [6, 6.07) is 4.54. The number of rotatable bonds is 5. The van der Waals surface area contributed by atoms with Gasteiger partial charge in [-0.3, -0.25) is 10.3 Å². The highest BCUT2D eigenvalue weighted by Crippen LogP contribution is 2.11. The molecule has 0 amide bonds. The van der Waals surface area contributed by atoms with Crippen molar-refractivity contribution in [2.45, 2.75) is 20.4 Å². The van der Waals surface area contributed by atoms with Crippen LogP contribution in [0.25, 0.3) is 0 Å². The molecule has 3 N–H and O–H groups in total. The minimum atomic E-state index is -0.338. The van der Waals surface area contributed by atoms with Gasteiger partial charge in [0.25, 0.3) is 0 Å². The number of hydrogen-bond acceptors (Lipinski definition) is 2. The summed E-state index contributed by atoms with van der Waals surface area (Å²) in [5, 5.41) is 7.30. The lowest BCUT2D eigenvalue weighted by Crippen LogP contribution is -2.22. The Hall–Kier alpha value is -1.42. The number of benzene rings is 1. The minimum Gasteiger partial charge on any atom is -0.384 e. The van der Waals surface area contributed by atoms with Crippen LogP contribution in [0.5, 0.6) is 0 Å². The van der Waals surface area contributed by atoms with Gasteiger partial charge in [0.2, 0.25) is 0 Å². The van der Waals surface area contributed by atoms with Crippen molar-refractivity contribution >= 4 is 5.84 Å². The molecule has 4 heteroatoms. The average Bonchev–Trinajstić information content (AvgIpc) is 2.25. The van der Waals surface area contributed by atoms with Gasteiger partial charge in [0.15, 0.2) is 0 Å². The molecule has 3 nitrogen and oxygen atoms in total. The van der Waals surface area contributed by atoms with Crippen molar-refractivity contribution in [1.29, 1.82) is 5.41 Å². The highest BCUT2D eigenvalue weighted by Gasteiger charge is 2.06. The topological polar surface area (TPSA) is 53.1 Å². The zero-order chi connectivity index (χ0) is 12.1. The number of nitrogens with one attached hydrogen (secondary N) is 1. The lowest BCUT2D eigenvalue weighted by molar-refractivity contribution is 0.295. The molecule has 0 bridgehead atoms. The molecule has 1 aromatic rings. The van der Waals surface area contributed by atoms with Gasteiger partial charge in [-0.05, 0) is 36.9 Å². The SMILES string of the molecule is CCN(CC)Cc1cc(F)cc(C(=N)N)c1. The predicted octanol–water partition coefficient (Wildman–Crippen LogP) is 1.95. The van der Waals surface area contributed by atoms with Crippen LogP contribution in [-0.2, 0) is 6.54 Å². The predicted molar refractivity (Wildman–Crippen MR) is 64.0 cm³/mol. The molecule has 0 radical (unpaired) electrons. The average molecular weight is 223 g/mol. The van der Waals surface area contributed by atoms with E-state index >= 15 is 0 Å². The minimum absolute atomic E-state index is 0.0969. The van der Waals surface area contributed by atoms with Crippen LogP contribution in [0.4, 0.5) is 4.39 Å². The molecule has 0 unspecified atom stereocenters. The maximum atomic E-state index is 13.3. The molecular weight excluding hydrogens is 205 g/mol. The van der Waals surface area contributed by atoms with Crippen molar-refractivity contribution in [3.63, 3.8) is 0 Å². The molecule has 0 aliphatic heterocycles. The van der Waals surface area contributed by atoms with Crippen LogP contribution in [0.3, 0.4) is 0 Å². The van der Waals surface area contributed by atoms with Crippen LogP contribution in [0.1, 0.15) is 25.0 Å². The van der Waals surface area contributed by atoms with E-state index in [1.54, 1.807) is 6.07 Å². The molecule has 1 rings (SSSR count). The van der Waals surface area contributed by atoms with Crippen molar-refractivity contribution in [3.05, 3.63) is 35.1 Å². The molecule has 0 spiro atoms. The highest BCUT2D eigenvalue weighted by molar-refractivity contribution is 5.95. The van der Waals surface area contributed by atoms with E-state index in [0.717, 1.165) is 18.7 Å². The Kier molecular flexibility index (Phi) is 4.43. The van der Waals surface area contributed by atoms with Crippen LogP contribution < -0.4 is 5.73 Å². The van der Waals surface area contributed by atoms with Gasteiger partial charge in [-0.1, -0.05) is 13.8 Å². The zero-order valence-electron chi connectivity index (χ0n) is 9.76. The summed E-state index contributed by atoms with van der Waals surface area (Å²) in [6.07, 6.45) is 0. The van der Waals surface area contributed by atoms with Crippen molar-refractivity contribution in [1.82, 2.24) is 4.90 Å². The van der Waals surface area contributed by atoms with Gasteiger partial charge in [0, 0.05) is 12.1 Å². The first-order valence-corrected chi connectivity index (χ1v) is 5.43. The standard InChI is InChI=1S/C12H18FN3/c1-3-16(4-2)8-9-5-10(12(14)15)7-11(13)6-9/h5-7H,3-4,8H2,1-2H3,(H3,14,15). The van der Waals surface area contributed by atoms with Gasteiger partial charge in [-0.25, -0.2) is 4.39 Å². The second-order valence-corrected chi connectivity index (χ2v) is 3.72. The van der Waals surface area contributed by atoms with E-state index in [9.17, 15) is 4.39 Å². The normalized spacial score (nSPS) is 10.8. The van der Waals surface area contributed by atoms with Gasteiger partial charge in [0.1, 0.15) is 11.7 Å². The van der Waals surface area contributed by atoms with Crippen LogP contribution in [0.2, 0.25) is 0 Å². The molecule has 0 saturated carbocycles. The van der Waals surface area contributed by atoms with Gasteiger partial charge < -0.3 is 5.73 Å². The maximum Gasteiger partial charge on any atom is 0.124 e. The third kappa shape index (κ3) is 3.31. The van der Waals surface area contributed by atoms with Crippen LogP contribution in [0, 0.1) is 11.2 Å². The molecule has 0 fully saturated rings. The number of amidine groups is 1. The molecule has 0 aliphatic carbocycles. The van der Waals surface area contributed by atoms with Crippen LogP contribution in [-0.4, -0.2) is 23.8 Å². The summed E-state index contributed by atoms with van der Waals surface area (Å²) in [7, 11) is 0. The van der Waals surface area contributed by atoms with Crippen molar-refractivity contribution in [3.8, 4) is 0 Å². The maximum absolute atomic E-state index is 13.3. The van der Waals surface area contributed by atoms with Gasteiger partial charge in [0.05, 0.1) is 0 Å². The molecule has 0 saturated heterocycles. The highest BCUT2D eigenvalue weighted by atomic mass is 19.1. The second-order valence-electron chi connectivity index (χ2n) is 3.72. The van der Waals surface area contributed by atoms with Gasteiger partial charge >= 0.3 is 0 Å². The van der Waals surface area contributed by atoms with Crippen LogP contribution in [0.15, 0.2) is 18.2 Å². The Bertz CT molecular complexity index is 373. The van der Waals surface area contributed by atoms with E-state index in [4.69, 9.17) is 11.1 Å². The molecule has 0 atom stereocenters. The Morgan fingerprint density at radius 3 is 2.44 bits per heavy atom. The summed E-state index contributed by atoms with van der Waals surface area (Å²) in [6.45, 7) is 6.65. The lowest BCUT2D eigenvalue weighted by atomic mass is 10.1. The van der Waals surface area contributed by atoms with E-state index < -0.39 is 0 Å². The second kappa shape index (κ2) is 5.61. The number of hydrogen-bond donors (Lipinski definition) is 2. The number of halogens is 1. The number of nitrogens with zero attached hydrogens (tertiary/aromatic N) is 1. The molecule has 0 aliphatic rings.